The number of halogens is 1. The van der Waals surface area contributed by atoms with Crippen molar-refractivity contribution in [1.29, 1.82) is 5.26 Å². The molecule has 1 aliphatic carbocycles. The zero-order chi connectivity index (χ0) is 20.1. The Labute approximate surface area is 165 Å². The van der Waals surface area contributed by atoms with Gasteiger partial charge in [-0.3, -0.25) is 0 Å². The molecule has 4 heteroatoms. The molecular weight excluding hydrogens is 353 g/mol. The number of rotatable bonds is 6. The molecular formula is C24H26FNO2. The number of carbonyl (C=O) groups is 1. The van der Waals surface area contributed by atoms with Crippen LogP contribution in [0.15, 0.2) is 36.4 Å². The summed E-state index contributed by atoms with van der Waals surface area (Å²) in [4.78, 5) is 11.9. The first-order valence-electron chi connectivity index (χ1n) is 10.1. The minimum Gasteiger partial charge on any atom is -0.478 e. The van der Waals surface area contributed by atoms with Crippen molar-refractivity contribution in [1.82, 2.24) is 0 Å². The highest BCUT2D eigenvalue weighted by Crippen LogP contribution is 2.43. The summed E-state index contributed by atoms with van der Waals surface area (Å²) in [5.41, 5.74) is 2.51. The molecule has 0 bridgehead atoms. The van der Waals surface area contributed by atoms with E-state index in [1.807, 2.05) is 12.1 Å². The van der Waals surface area contributed by atoms with Gasteiger partial charge in [-0.25, -0.2) is 9.18 Å². The normalized spacial score (nSPS) is 19.2. The molecule has 2 aromatic carbocycles. The molecule has 1 N–H and O–H groups in total. The van der Waals surface area contributed by atoms with E-state index >= 15 is 0 Å². The Morgan fingerprint density at radius 1 is 1.21 bits per heavy atom. The molecule has 0 amide bonds. The molecule has 2 aromatic rings. The molecule has 0 spiro atoms. The molecule has 3 rings (SSSR count). The maximum atomic E-state index is 14.2. The minimum atomic E-state index is -0.945. The predicted molar refractivity (Wildman–Crippen MR) is 108 cm³/mol. The maximum absolute atomic E-state index is 14.2. The van der Waals surface area contributed by atoms with Gasteiger partial charge >= 0.3 is 5.97 Å². The van der Waals surface area contributed by atoms with Crippen LogP contribution in [0.4, 0.5) is 4.39 Å². The first-order chi connectivity index (χ1) is 13.5. The number of carboxylic acids is 1. The van der Waals surface area contributed by atoms with Crippen molar-refractivity contribution in [2.75, 3.05) is 0 Å². The molecule has 28 heavy (non-hydrogen) atoms. The summed E-state index contributed by atoms with van der Waals surface area (Å²) in [6.07, 6.45) is 7.85. The van der Waals surface area contributed by atoms with Crippen LogP contribution in [0.2, 0.25) is 0 Å². The highest BCUT2D eigenvalue weighted by molar-refractivity contribution is 5.92. The monoisotopic (exact) mass is 379 g/mol. The van der Waals surface area contributed by atoms with Gasteiger partial charge in [0.25, 0.3) is 0 Å². The Morgan fingerprint density at radius 2 is 1.96 bits per heavy atom. The third-order valence-corrected chi connectivity index (χ3v) is 5.96. The van der Waals surface area contributed by atoms with Crippen molar-refractivity contribution in [3.8, 4) is 17.2 Å². The van der Waals surface area contributed by atoms with E-state index in [2.05, 4.69) is 6.92 Å². The van der Waals surface area contributed by atoms with E-state index in [4.69, 9.17) is 5.26 Å². The summed E-state index contributed by atoms with van der Waals surface area (Å²) >= 11 is 0. The summed E-state index contributed by atoms with van der Waals surface area (Å²) in [7, 11) is 0. The lowest BCUT2D eigenvalue weighted by atomic mass is 9.74. The number of unbranched alkanes of at least 4 members (excludes halogenated alkanes) is 1. The zero-order valence-corrected chi connectivity index (χ0v) is 16.2. The third kappa shape index (κ3) is 4.25. The van der Waals surface area contributed by atoms with E-state index < -0.39 is 11.8 Å². The summed E-state index contributed by atoms with van der Waals surface area (Å²) in [5, 5.41) is 18.7. The second kappa shape index (κ2) is 9.01. The summed E-state index contributed by atoms with van der Waals surface area (Å²) < 4.78 is 14.2. The van der Waals surface area contributed by atoms with Gasteiger partial charge in [0, 0.05) is 0 Å². The van der Waals surface area contributed by atoms with Gasteiger partial charge in [0.05, 0.1) is 11.1 Å². The van der Waals surface area contributed by atoms with Crippen LogP contribution in [-0.4, -0.2) is 11.1 Å². The number of benzene rings is 2. The van der Waals surface area contributed by atoms with Gasteiger partial charge in [0.1, 0.15) is 11.9 Å². The molecule has 0 radical (unpaired) electrons. The number of hydrogen-bond donors (Lipinski definition) is 1. The van der Waals surface area contributed by atoms with E-state index in [1.54, 1.807) is 18.2 Å². The van der Waals surface area contributed by atoms with Crippen molar-refractivity contribution < 1.29 is 14.3 Å². The largest absolute Gasteiger partial charge is 0.478 e. The van der Waals surface area contributed by atoms with Gasteiger partial charge < -0.3 is 5.11 Å². The lowest BCUT2D eigenvalue weighted by Gasteiger charge is -2.31. The highest BCUT2D eigenvalue weighted by Gasteiger charge is 2.28. The van der Waals surface area contributed by atoms with Gasteiger partial charge in [-0.15, -0.1) is 0 Å². The van der Waals surface area contributed by atoms with E-state index in [0.29, 0.717) is 11.1 Å². The highest BCUT2D eigenvalue weighted by atomic mass is 19.1. The van der Waals surface area contributed by atoms with Crippen molar-refractivity contribution >= 4 is 5.97 Å². The molecule has 0 saturated heterocycles. The summed E-state index contributed by atoms with van der Waals surface area (Å²) in [6, 6.07) is 11.6. The van der Waals surface area contributed by atoms with Crippen LogP contribution in [0.1, 0.15) is 79.3 Å². The van der Waals surface area contributed by atoms with Gasteiger partial charge in [-0.1, -0.05) is 44.4 Å². The fraction of sp³-hybridized carbons (Fsp3) is 0.417. The minimum absolute atomic E-state index is 0.00359. The molecule has 0 heterocycles. The summed E-state index contributed by atoms with van der Waals surface area (Å²) in [6.45, 7) is 2.21. The molecule has 146 valence electrons. The SMILES string of the molecule is CCCCC1CCC(c2c(C(=O)O)cccc2-c2ccc(C#N)c(F)c2)CC1. The number of hydrogen-bond acceptors (Lipinski definition) is 2. The molecule has 0 aromatic heterocycles. The Morgan fingerprint density at radius 3 is 2.57 bits per heavy atom. The molecule has 0 atom stereocenters. The molecule has 1 aliphatic rings. The average molecular weight is 379 g/mol. The van der Waals surface area contributed by atoms with Crippen molar-refractivity contribution in [2.24, 2.45) is 5.92 Å². The zero-order valence-electron chi connectivity index (χ0n) is 16.2. The smallest absolute Gasteiger partial charge is 0.335 e. The fourth-order valence-electron chi connectivity index (χ4n) is 4.45. The fourth-order valence-corrected chi connectivity index (χ4v) is 4.45. The standard InChI is InChI=1S/C24H26FNO2/c1-2-3-5-16-8-10-17(11-9-16)23-20(6-4-7-21(23)24(27)28)18-12-13-19(15-26)22(25)14-18/h4,6-7,12-14,16-17H,2-3,5,8-11H2,1H3,(H,27,28). The van der Waals surface area contributed by atoms with Crippen molar-refractivity contribution in [3.63, 3.8) is 0 Å². The first-order valence-corrected chi connectivity index (χ1v) is 10.1. The van der Waals surface area contributed by atoms with E-state index in [9.17, 15) is 14.3 Å². The number of nitrogens with zero attached hydrogens (tertiary/aromatic N) is 1. The van der Waals surface area contributed by atoms with Crippen LogP contribution in [0.25, 0.3) is 11.1 Å². The first kappa shape index (κ1) is 20.1. The van der Waals surface area contributed by atoms with Crippen LogP contribution in [0.3, 0.4) is 0 Å². The van der Waals surface area contributed by atoms with Crippen LogP contribution in [-0.2, 0) is 0 Å². The maximum Gasteiger partial charge on any atom is 0.335 e. The Kier molecular flexibility index (Phi) is 6.46. The second-order valence-corrected chi connectivity index (χ2v) is 7.74. The second-order valence-electron chi connectivity index (χ2n) is 7.74. The van der Waals surface area contributed by atoms with Gasteiger partial charge in [-0.05, 0) is 72.4 Å². The van der Waals surface area contributed by atoms with Gasteiger partial charge in [0.15, 0.2) is 0 Å². The van der Waals surface area contributed by atoms with E-state index in [0.717, 1.165) is 42.7 Å². The molecule has 1 fully saturated rings. The molecule has 0 aliphatic heterocycles. The van der Waals surface area contributed by atoms with E-state index in [1.165, 1.54) is 31.4 Å². The van der Waals surface area contributed by atoms with Crippen LogP contribution in [0, 0.1) is 23.1 Å². The molecule has 3 nitrogen and oxygen atoms in total. The van der Waals surface area contributed by atoms with Crippen LogP contribution in [0.5, 0.6) is 0 Å². The Bertz CT molecular complexity index is 892. The number of carboxylic acid groups (broad SMARTS) is 1. The van der Waals surface area contributed by atoms with Gasteiger partial charge in [-0.2, -0.15) is 5.26 Å². The third-order valence-electron chi connectivity index (χ3n) is 5.96. The van der Waals surface area contributed by atoms with Crippen LogP contribution < -0.4 is 0 Å². The van der Waals surface area contributed by atoms with Crippen LogP contribution >= 0.6 is 0 Å². The topological polar surface area (TPSA) is 61.1 Å². The average Bonchev–Trinajstić information content (AvgIpc) is 2.72. The lowest BCUT2D eigenvalue weighted by molar-refractivity contribution is 0.0694. The van der Waals surface area contributed by atoms with E-state index in [-0.39, 0.29) is 11.5 Å². The summed E-state index contributed by atoms with van der Waals surface area (Å²) in [5.74, 6) is -0.628. The van der Waals surface area contributed by atoms with Crippen molar-refractivity contribution in [2.45, 2.75) is 57.8 Å². The van der Waals surface area contributed by atoms with Crippen molar-refractivity contribution in [3.05, 3.63) is 58.9 Å². The molecule has 1 saturated carbocycles. The van der Waals surface area contributed by atoms with Gasteiger partial charge in [0.2, 0.25) is 0 Å². The Hall–Kier alpha value is -2.67. The molecule has 0 unspecified atom stereocenters. The predicted octanol–water partition coefficient (Wildman–Crippen LogP) is 6.53. The number of aromatic carboxylic acids is 1. The quantitative estimate of drug-likeness (QED) is 0.621. The number of nitriles is 1. The lowest BCUT2D eigenvalue weighted by Crippen LogP contribution is -2.17. The Balaban J connectivity index is 1.97.